The van der Waals surface area contributed by atoms with Gasteiger partial charge in [-0.2, -0.15) is 0 Å². The van der Waals surface area contributed by atoms with Gasteiger partial charge in [-0.1, -0.05) is 13.8 Å². The second-order valence-corrected chi connectivity index (χ2v) is 6.24. The van der Waals surface area contributed by atoms with Crippen LogP contribution in [0.4, 0.5) is 0 Å². The van der Waals surface area contributed by atoms with Crippen LogP contribution in [-0.2, 0) is 6.42 Å². The molecule has 0 atom stereocenters. The molecule has 0 aliphatic rings. The second kappa shape index (κ2) is 13.1. The molecule has 0 fully saturated rings. The predicted octanol–water partition coefficient (Wildman–Crippen LogP) is 2.51. The zero-order valence-corrected chi connectivity index (χ0v) is 17.3. The van der Waals surface area contributed by atoms with Crippen molar-refractivity contribution in [3.8, 4) is 0 Å². The molecule has 0 spiro atoms. The number of nitrogens with one attached hydrogen (secondary N) is 2. The lowest BCUT2D eigenvalue weighted by Crippen LogP contribution is -2.39. The average molecular weight is 439 g/mol. The Morgan fingerprint density at radius 3 is 2.50 bits per heavy atom. The molecule has 0 saturated carbocycles. The van der Waals surface area contributed by atoms with Gasteiger partial charge in [0.1, 0.15) is 0 Å². The van der Waals surface area contributed by atoms with Gasteiger partial charge in [-0.15, -0.1) is 35.3 Å². The van der Waals surface area contributed by atoms with E-state index in [0.717, 1.165) is 51.5 Å². The molecule has 7 heteroatoms. The standard InChI is InChI=1S/C15H29N5S.HI/c1-5-20(6-2)11-7-9-17-15(16-4)18-10-8-14-19-12-13(3)21-14;/h12H,5-11H2,1-4H3,(H2,16,17,18);1H. The predicted molar refractivity (Wildman–Crippen MR) is 108 cm³/mol. The molecule has 0 aliphatic carbocycles. The van der Waals surface area contributed by atoms with Gasteiger partial charge < -0.3 is 15.5 Å². The van der Waals surface area contributed by atoms with E-state index in [1.165, 1.54) is 9.88 Å². The molecule has 0 aliphatic heterocycles. The Kier molecular flexibility index (Phi) is 12.8. The first-order chi connectivity index (χ1) is 10.2. The highest BCUT2D eigenvalue weighted by Crippen LogP contribution is 2.10. The van der Waals surface area contributed by atoms with Gasteiger partial charge in [0.05, 0.1) is 5.01 Å². The molecular weight excluding hydrogens is 409 g/mol. The highest BCUT2D eigenvalue weighted by Gasteiger charge is 2.02. The summed E-state index contributed by atoms with van der Waals surface area (Å²) in [6.45, 7) is 11.7. The summed E-state index contributed by atoms with van der Waals surface area (Å²) in [6, 6.07) is 0. The van der Waals surface area contributed by atoms with Crippen LogP contribution in [0.25, 0.3) is 0 Å². The molecule has 5 nitrogen and oxygen atoms in total. The largest absolute Gasteiger partial charge is 0.356 e. The molecule has 2 N–H and O–H groups in total. The third-order valence-corrected chi connectivity index (χ3v) is 4.33. The average Bonchev–Trinajstić information content (AvgIpc) is 2.91. The minimum atomic E-state index is 0. The van der Waals surface area contributed by atoms with Gasteiger partial charge in [-0.25, -0.2) is 4.98 Å². The molecule has 0 unspecified atom stereocenters. The number of hydrogen-bond donors (Lipinski definition) is 2. The van der Waals surface area contributed by atoms with E-state index in [9.17, 15) is 0 Å². The summed E-state index contributed by atoms with van der Waals surface area (Å²) < 4.78 is 0. The fourth-order valence-corrected chi connectivity index (χ4v) is 2.86. The molecule has 0 aromatic carbocycles. The van der Waals surface area contributed by atoms with Crippen LogP contribution in [0.2, 0.25) is 0 Å². The number of guanidine groups is 1. The van der Waals surface area contributed by atoms with Crippen molar-refractivity contribution in [2.45, 2.75) is 33.6 Å². The Morgan fingerprint density at radius 2 is 1.95 bits per heavy atom. The second-order valence-electron chi connectivity index (χ2n) is 4.92. The maximum absolute atomic E-state index is 4.36. The van der Waals surface area contributed by atoms with E-state index in [2.05, 4.69) is 46.3 Å². The van der Waals surface area contributed by atoms with Crippen LogP contribution in [-0.4, -0.2) is 55.6 Å². The summed E-state index contributed by atoms with van der Waals surface area (Å²) in [5.74, 6) is 0.878. The first-order valence-electron chi connectivity index (χ1n) is 7.77. The number of aliphatic imine (C=N–C) groups is 1. The van der Waals surface area contributed by atoms with Crippen molar-refractivity contribution in [3.05, 3.63) is 16.1 Å². The Bertz CT molecular complexity index is 418. The van der Waals surface area contributed by atoms with Crippen molar-refractivity contribution in [2.24, 2.45) is 4.99 Å². The number of hydrogen-bond acceptors (Lipinski definition) is 4. The van der Waals surface area contributed by atoms with E-state index in [0.29, 0.717) is 0 Å². The summed E-state index contributed by atoms with van der Waals surface area (Å²) in [5.41, 5.74) is 0. The van der Waals surface area contributed by atoms with Gasteiger partial charge in [0.2, 0.25) is 0 Å². The van der Waals surface area contributed by atoms with Crippen LogP contribution in [0, 0.1) is 6.92 Å². The van der Waals surface area contributed by atoms with Crippen molar-refractivity contribution in [3.63, 3.8) is 0 Å². The van der Waals surface area contributed by atoms with Gasteiger partial charge in [-0.3, -0.25) is 4.99 Å². The van der Waals surface area contributed by atoms with Crippen molar-refractivity contribution in [2.75, 3.05) is 39.8 Å². The zero-order chi connectivity index (χ0) is 15.5. The Hall–Kier alpha value is -0.410. The SMILES string of the molecule is CCN(CC)CCCNC(=NC)NCCc1ncc(C)s1.I. The molecule has 0 saturated heterocycles. The first kappa shape index (κ1) is 21.6. The van der Waals surface area contributed by atoms with Crippen LogP contribution in [0.15, 0.2) is 11.2 Å². The van der Waals surface area contributed by atoms with Crippen LogP contribution in [0.5, 0.6) is 0 Å². The Morgan fingerprint density at radius 1 is 1.27 bits per heavy atom. The van der Waals surface area contributed by atoms with Crippen molar-refractivity contribution >= 4 is 41.3 Å². The smallest absolute Gasteiger partial charge is 0.190 e. The van der Waals surface area contributed by atoms with Crippen LogP contribution < -0.4 is 10.6 Å². The van der Waals surface area contributed by atoms with Crippen LogP contribution in [0.3, 0.4) is 0 Å². The number of nitrogens with zero attached hydrogens (tertiary/aromatic N) is 3. The summed E-state index contributed by atoms with van der Waals surface area (Å²) in [6.07, 6.45) is 4.01. The minimum absolute atomic E-state index is 0. The van der Waals surface area contributed by atoms with Gasteiger partial charge >= 0.3 is 0 Å². The zero-order valence-electron chi connectivity index (χ0n) is 14.2. The molecular formula is C15H30IN5S. The lowest BCUT2D eigenvalue weighted by Gasteiger charge is -2.18. The molecule has 1 aromatic heterocycles. The summed E-state index contributed by atoms with van der Waals surface area (Å²) in [7, 11) is 1.81. The van der Waals surface area contributed by atoms with Crippen LogP contribution in [0.1, 0.15) is 30.2 Å². The first-order valence-corrected chi connectivity index (χ1v) is 8.59. The molecule has 1 aromatic rings. The van der Waals surface area contributed by atoms with E-state index in [1.54, 1.807) is 11.3 Å². The van der Waals surface area contributed by atoms with Crippen molar-refractivity contribution in [1.82, 2.24) is 20.5 Å². The highest BCUT2D eigenvalue weighted by molar-refractivity contribution is 14.0. The number of aryl methyl sites for hydroxylation is 1. The number of aromatic nitrogens is 1. The van der Waals surface area contributed by atoms with Crippen molar-refractivity contribution in [1.29, 1.82) is 0 Å². The Balaban J connectivity index is 0.00000441. The molecule has 0 bridgehead atoms. The molecule has 128 valence electrons. The van der Waals surface area contributed by atoms with Crippen LogP contribution >= 0.6 is 35.3 Å². The third kappa shape index (κ3) is 8.89. The van der Waals surface area contributed by atoms with E-state index >= 15 is 0 Å². The maximum Gasteiger partial charge on any atom is 0.190 e. The van der Waals surface area contributed by atoms with Gasteiger partial charge in [0.25, 0.3) is 0 Å². The molecule has 0 radical (unpaired) electrons. The minimum Gasteiger partial charge on any atom is -0.356 e. The molecule has 22 heavy (non-hydrogen) atoms. The van der Waals surface area contributed by atoms with Gasteiger partial charge in [0.15, 0.2) is 5.96 Å². The molecule has 0 amide bonds. The Labute approximate surface area is 156 Å². The summed E-state index contributed by atoms with van der Waals surface area (Å²) >= 11 is 1.76. The fraction of sp³-hybridized carbons (Fsp3) is 0.733. The monoisotopic (exact) mass is 439 g/mol. The van der Waals surface area contributed by atoms with E-state index in [1.807, 2.05) is 13.2 Å². The maximum atomic E-state index is 4.36. The lowest BCUT2D eigenvalue weighted by atomic mass is 10.3. The number of thiazole rings is 1. The van der Waals surface area contributed by atoms with E-state index < -0.39 is 0 Å². The third-order valence-electron chi connectivity index (χ3n) is 3.36. The number of rotatable bonds is 9. The molecule has 1 rings (SSSR count). The number of halogens is 1. The summed E-state index contributed by atoms with van der Waals surface area (Å²) in [4.78, 5) is 12.3. The van der Waals surface area contributed by atoms with E-state index in [-0.39, 0.29) is 24.0 Å². The summed E-state index contributed by atoms with van der Waals surface area (Å²) in [5, 5.41) is 7.87. The van der Waals surface area contributed by atoms with Gasteiger partial charge in [-0.05, 0) is 33.0 Å². The normalized spacial score (nSPS) is 11.4. The van der Waals surface area contributed by atoms with Crippen molar-refractivity contribution < 1.29 is 0 Å². The lowest BCUT2D eigenvalue weighted by molar-refractivity contribution is 0.300. The van der Waals surface area contributed by atoms with Gasteiger partial charge in [0, 0.05) is 37.6 Å². The quantitative estimate of drug-likeness (QED) is 0.269. The highest BCUT2D eigenvalue weighted by atomic mass is 127. The topological polar surface area (TPSA) is 52.5 Å². The molecule has 1 heterocycles. The van der Waals surface area contributed by atoms with E-state index in [4.69, 9.17) is 0 Å². The fourth-order valence-electron chi connectivity index (χ4n) is 2.07.